The molecule has 0 aromatic carbocycles. The average molecular weight is 300 g/mol. The number of hydrogen-bond acceptors (Lipinski definition) is 5. The third-order valence-electron chi connectivity index (χ3n) is 3.03. The molecule has 0 N–H and O–H groups in total. The Bertz CT molecular complexity index is 538. The van der Waals surface area contributed by atoms with E-state index < -0.39 is 27.9 Å². The van der Waals surface area contributed by atoms with Crippen LogP contribution in [0, 0.1) is 0 Å². The number of carboxylic acids is 1. The van der Waals surface area contributed by atoms with Crippen LogP contribution in [-0.4, -0.2) is 24.7 Å². The first-order valence-electron chi connectivity index (χ1n) is 6.47. The standard InChI is InChI=1S/C13H19NO5S/c1-2-3-4-12(13(15)16)14-8-5-11(6-9-14)7-10-20(17,18)19/h5-6,8-9,12H,2-4,7,10H2,1H3,(H-,15,16,17,18,19)/p-1/t12-/m1/s1. The molecule has 1 rings (SSSR count). The molecule has 7 heteroatoms. The third kappa shape index (κ3) is 5.66. The molecule has 0 spiro atoms. The highest BCUT2D eigenvalue weighted by Gasteiger charge is 2.18. The molecule has 20 heavy (non-hydrogen) atoms. The van der Waals surface area contributed by atoms with Crippen molar-refractivity contribution in [3.63, 3.8) is 0 Å². The molecule has 6 nitrogen and oxygen atoms in total. The summed E-state index contributed by atoms with van der Waals surface area (Å²) in [6.07, 6.45) is 5.42. The van der Waals surface area contributed by atoms with Gasteiger partial charge in [0.2, 0.25) is 0 Å². The van der Waals surface area contributed by atoms with Crippen LogP contribution in [0.3, 0.4) is 0 Å². The van der Waals surface area contributed by atoms with E-state index in [2.05, 4.69) is 0 Å². The second-order valence-electron chi connectivity index (χ2n) is 4.64. The zero-order valence-electron chi connectivity index (χ0n) is 11.3. The molecule has 0 amide bonds. The molecule has 0 saturated heterocycles. The Morgan fingerprint density at radius 2 is 1.95 bits per heavy atom. The van der Waals surface area contributed by atoms with E-state index in [1.807, 2.05) is 6.92 Å². The molecule has 1 aromatic heterocycles. The van der Waals surface area contributed by atoms with Crippen LogP contribution in [-0.2, 0) is 21.3 Å². The number of aromatic nitrogens is 1. The van der Waals surface area contributed by atoms with Crippen molar-refractivity contribution < 1.29 is 27.4 Å². The summed E-state index contributed by atoms with van der Waals surface area (Å²) in [4.78, 5) is 11.1. The molecule has 0 fully saturated rings. The summed E-state index contributed by atoms with van der Waals surface area (Å²) in [5, 5.41) is 11.1. The number of carbonyl (C=O) groups is 1. The Hall–Kier alpha value is -1.47. The summed E-state index contributed by atoms with van der Waals surface area (Å²) in [5.74, 6) is -1.60. The van der Waals surface area contributed by atoms with Gasteiger partial charge in [-0.15, -0.1) is 0 Å². The van der Waals surface area contributed by atoms with Gasteiger partial charge in [0, 0.05) is 24.3 Å². The minimum Gasteiger partial charge on any atom is -0.748 e. The Morgan fingerprint density at radius 3 is 2.40 bits per heavy atom. The van der Waals surface area contributed by atoms with E-state index in [1.165, 1.54) is 4.57 Å². The summed E-state index contributed by atoms with van der Waals surface area (Å²) >= 11 is 0. The van der Waals surface area contributed by atoms with Crippen molar-refractivity contribution in [3.05, 3.63) is 30.1 Å². The number of aliphatic carboxylic acids is 1. The second-order valence-corrected chi connectivity index (χ2v) is 6.17. The minimum atomic E-state index is -4.24. The normalized spacial score (nSPS) is 13.1. The van der Waals surface area contributed by atoms with E-state index in [0.29, 0.717) is 12.0 Å². The lowest BCUT2D eigenvalue weighted by atomic mass is 10.1. The first kappa shape index (κ1) is 16.6. The van der Waals surface area contributed by atoms with Crippen LogP contribution in [0.5, 0.6) is 0 Å². The van der Waals surface area contributed by atoms with E-state index in [9.17, 15) is 22.9 Å². The fourth-order valence-corrected chi connectivity index (χ4v) is 2.36. The Kier molecular flexibility index (Phi) is 6.09. The van der Waals surface area contributed by atoms with E-state index in [0.717, 1.165) is 12.8 Å². The molecule has 0 unspecified atom stereocenters. The van der Waals surface area contributed by atoms with Crippen molar-refractivity contribution >= 4 is 16.1 Å². The number of carboxylic acid groups (broad SMARTS) is 1. The molecule has 1 heterocycles. The largest absolute Gasteiger partial charge is 0.748 e. The number of rotatable bonds is 8. The first-order chi connectivity index (χ1) is 9.33. The Balaban J connectivity index is 2.75. The highest BCUT2D eigenvalue weighted by atomic mass is 32.2. The number of unbranched alkanes of at least 4 members (excludes halogenated alkanes) is 1. The Labute approximate surface area is 118 Å². The number of nitrogens with zero attached hydrogens (tertiary/aromatic N) is 1. The lowest BCUT2D eigenvalue weighted by Crippen LogP contribution is -2.49. The maximum Gasteiger partial charge on any atom is 0.197 e. The van der Waals surface area contributed by atoms with Gasteiger partial charge in [-0.3, -0.25) is 0 Å². The van der Waals surface area contributed by atoms with Gasteiger partial charge in [0.1, 0.15) is 5.97 Å². The van der Waals surface area contributed by atoms with Crippen molar-refractivity contribution in [3.8, 4) is 0 Å². The zero-order valence-corrected chi connectivity index (χ0v) is 12.1. The fourth-order valence-electron chi connectivity index (χ4n) is 1.87. The summed E-state index contributed by atoms with van der Waals surface area (Å²) in [7, 11) is -4.24. The highest BCUT2D eigenvalue weighted by molar-refractivity contribution is 7.85. The summed E-state index contributed by atoms with van der Waals surface area (Å²) < 4.78 is 33.1. The van der Waals surface area contributed by atoms with Crippen LogP contribution in [0.2, 0.25) is 0 Å². The van der Waals surface area contributed by atoms with Gasteiger partial charge in [0.15, 0.2) is 18.4 Å². The van der Waals surface area contributed by atoms with Crippen molar-refractivity contribution in [2.45, 2.75) is 38.6 Å². The van der Waals surface area contributed by atoms with Crippen molar-refractivity contribution in [1.29, 1.82) is 0 Å². The van der Waals surface area contributed by atoms with Crippen molar-refractivity contribution in [1.82, 2.24) is 0 Å². The molecule has 1 aromatic rings. The number of carbonyl (C=O) groups excluding carboxylic acids is 1. The van der Waals surface area contributed by atoms with Gasteiger partial charge in [-0.25, -0.2) is 8.42 Å². The van der Waals surface area contributed by atoms with Crippen LogP contribution in [0.1, 0.15) is 37.8 Å². The molecular weight excluding hydrogens is 282 g/mol. The van der Waals surface area contributed by atoms with E-state index >= 15 is 0 Å². The quantitative estimate of drug-likeness (QED) is 0.478. The van der Waals surface area contributed by atoms with Gasteiger partial charge in [-0.2, -0.15) is 4.57 Å². The zero-order chi connectivity index (χ0) is 15.2. The second kappa shape index (κ2) is 7.35. The minimum absolute atomic E-state index is 0.123. The summed E-state index contributed by atoms with van der Waals surface area (Å²) in [5.41, 5.74) is 0.674. The van der Waals surface area contributed by atoms with Gasteiger partial charge in [0.25, 0.3) is 0 Å². The molecule has 0 saturated carbocycles. The lowest BCUT2D eigenvalue weighted by Gasteiger charge is -2.13. The maximum atomic E-state index is 11.1. The molecule has 112 valence electrons. The predicted molar refractivity (Wildman–Crippen MR) is 68.5 cm³/mol. The summed E-state index contributed by atoms with van der Waals surface area (Å²) in [6, 6.07) is 2.51. The monoisotopic (exact) mass is 300 g/mol. The topological polar surface area (TPSA) is 101 Å². The molecule has 0 aliphatic carbocycles. The molecule has 0 bridgehead atoms. The average Bonchev–Trinajstić information content (AvgIpc) is 2.37. The summed E-state index contributed by atoms with van der Waals surface area (Å²) in [6.45, 7) is 1.98. The van der Waals surface area contributed by atoms with Crippen LogP contribution < -0.4 is 9.67 Å². The van der Waals surface area contributed by atoms with E-state index in [4.69, 9.17) is 0 Å². The third-order valence-corrected chi connectivity index (χ3v) is 3.73. The predicted octanol–water partition coefficient (Wildman–Crippen LogP) is -0.457. The smallest absolute Gasteiger partial charge is 0.197 e. The van der Waals surface area contributed by atoms with Crippen LogP contribution in [0.15, 0.2) is 24.5 Å². The van der Waals surface area contributed by atoms with Gasteiger partial charge in [-0.05, 0) is 18.4 Å². The van der Waals surface area contributed by atoms with Gasteiger partial charge < -0.3 is 14.5 Å². The van der Waals surface area contributed by atoms with Crippen LogP contribution >= 0.6 is 0 Å². The SMILES string of the molecule is CCCC[C@H](C(=O)[O-])[n+]1ccc(CCS(=O)(=O)[O-])cc1. The van der Waals surface area contributed by atoms with Gasteiger partial charge in [-0.1, -0.05) is 13.3 Å². The Morgan fingerprint density at radius 1 is 1.35 bits per heavy atom. The van der Waals surface area contributed by atoms with E-state index in [-0.39, 0.29) is 6.42 Å². The van der Waals surface area contributed by atoms with E-state index in [1.54, 1.807) is 24.5 Å². The highest BCUT2D eigenvalue weighted by Crippen LogP contribution is 2.08. The van der Waals surface area contributed by atoms with Crippen LogP contribution in [0.4, 0.5) is 0 Å². The first-order valence-corrected chi connectivity index (χ1v) is 8.05. The van der Waals surface area contributed by atoms with Crippen molar-refractivity contribution in [2.75, 3.05) is 5.75 Å². The maximum absolute atomic E-state index is 11.1. The van der Waals surface area contributed by atoms with Gasteiger partial charge >= 0.3 is 0 Å². The number of aryl methyl sites for hydroxylation is 1. The fraction of sp³-hybridized carbons (Fsp3) is 0.538. The van der Waals surface area contributed by atoms with Crippen molar-refractivity contribution in [2.24, 2.45) is 0 Å². The number of pyridine rings is 1. The molecular formula is C13H18NO5S-. The number of hydrogen-bond donors (Lipinski definition) is 0. The molecule has 0 radical (unpaired) electrons. The molecule has 0 aliphatic rings. The lowest BCUT2D eigenvalue weighted by molar-refractivity contribution is -0.716. The van der Waals surface area contributed by atoms with Crippen LogP contribution in [0.25, 0.3) is 0 Å². The van der Waals surface area contributed by atoms with Gasteiger partial charge in [0.05, 0.1) is 10.1 Å². The molecule has 0 aliphatic heterocycles. The molecule has 1 atom stereocenters.